The van der Waals surface area contributed by atoms with E-state index in [1.165, 1.54) is 64.2 Å². The van der Waals surface area contributed by atoms with Crippen LogP contribution in [0.4, 0.5) is 0 Å². The van der Waals surface area contributed by atoms with Crippen LogP contribution in [0.25, 0.3) is 0 Å². The van der Waals surface area contributed by atoms with E-state index in [9.17, 15) is 0 Å². The summed E-state index contributed by atoms with van der Waals surface area (Å²) in [6.07, 6.45) is 15.6. The van der Waals surface area contributed by atoms with Crippen molar-refractivity contribution in [1.29, 1.82) is 0 Å². The van der Waals surface area contributed by atoms with Gasteiger partial charge in [0.25, 0.3) is 0 Å². The molecule has 0 heterocycles. The minimum atomic E-state index is -0.204. The van der Waals surface area contributed by atoms with Crippen LogP contribution < -0.4 is 0 Å². The third-order valence-corrected chi connectivity index (χ3v) is 5.27. The fourth-order valence-corrected chi connectivity index (χ4v) is 3.24. The second kappa shape index (κ2) is 18.3. The van der Waals surface area contributed by atoms with Crippen molar-refractivity contribution < 1.29 is 14.2 Å². The molecular formula is C25H51NO3. The van der Waals surface area contributed by atoms with Crippen molar-refractivity contribution in [2.45, 2.75) is 137 Å². The average molecular weight is 414 g/mol. The standard InChI is InChI=1S/C25H51NO3/c1-8-9-10-11-12-13-14-15-16-17-18-24(27-7)26-23(4)21-29-25(5,6)19-20-28-22(2)3/h22,24H,8-21H2,1-7H3/b26-23+. The first kappa shape index (κ1) is 28.5. The predicted octanol–water partition coefficient (Wildman–Crippen LogP) is 7.34. The zero-order chi connectivity index (χ0) is 22.0. The first-order valence-electron chi connectivity index (χ1n) is 12.1. The molecule has 0 aliphatic carbocycles. The predicted molar refractivity (Wildman–Crippen MR) is 126 cm³/mol. The van der Waals surface area contributed by atoms with Crippen molar-refractivity contribution in [2.24, 2.45) is 4.99 Å². The maximum absolute atomic E-state index is 6.06. The zero-order valence-corrected chi connectivity index (χ0v) is 20.7. The van der Waals surface area contributed by atoms with E-state index in [0.717, 1.165) is 25.2 Å². The number of rotatable bonds is 20. The Morgan fingerprint density at radius 1 is 0.897 bits per heavy atom. The molecule has 0 radical (unpaired) electrons. The lowest BCUT2D eigenvalue weighted by molar-refractivity contribution is -0.0319. The molecule has 0 N–H and O–H groups in total. The summed E-state index contributed by atoms with van der Waals surface area (Å²) in [6, 6.07) is 0. The Kier molecular flexibility index (Phi) is 18.0. The molecule has 0 aliphatic heterocycles. The van der Waals surface area contributed by atoms with E-state index < -0.39 is 0 Å². The maximum atomic E-state index is 6.06. The summed E-state index contributed by atoms with van der Waals surface area (Å²) in [6.45, 7) is 13.9. The summed E-state index contributed by atoms with van der Waals surface area (Å²) in [5.41, 5.74) is 0.798. The van der Waals surface area contributed by atoms with E-state index in [0.29, 0.717) is 6.61 Å². The molecule has 0 fully saturated rings. The van der Waals surface area contributed by atoms with Gasteiger partial charge in [-0.05, 0) is 53.9 Å². The van der Waals surface area contributed by atoms with E-state index in [4.69, 9.17) is 19.2 Å². The molecule has 0 amide bonds. The van der Waals surface area contributed by atoms with Gasteiger partial charge < -0.3 is 14.2 Å². The fraction of sp³-hybridized carbons (Fsp3) is 0.960. The number of ether oxygens (including phenoxy) is 3. The van der Waals surface area contributed by atoms with E-state index in [1.807, 2.05) is 6.92 Å². The molecule has 1 atom stereocenters. The van der Waals surface area contributed by atoms with E-state index in [-0.39, 0.29) is 17.9 Å². The van der Waals surface area contributed by atoms with E-state index >= 15 is 0 Å². The lowest BCUT2D eigenvalue weighted by atomic mass is 10.1. The van der Waals surface area contributed by atoms with Gasteiger partial charge in [-0.15, -0.1) is 0 Å². The molecule has 0 spiro atoms. The van der Waals surface area contributed by atoms with Gasteiger partial charge in [0, 0.05) is 19.4 Å². The summed E-state index contributed by atoms with van der Waals surface area (Å²) in [5, 5.41) is 0. The summed E-state index contributed by atoms with van der Waals surface area (Å²) in [7, 11) is 1.76. The fourth-order valence-electron chi connectivity index (χ4n) is 3.24. The van der Waals surface area contributed by atoms with Crippen molar-refractivity contribution >= 4 is 5.71 Å². The highest BCUT2D eigenvalue weighted by Gasteiger charge is 2.19. The smallest absolute Gasteiger partial charge is 0.147 e. The highest BCUT2D eigenvalue weighted by atomic mass is 16.5. The Bertz CT molecular complexity index is 394. The van der Waals surface area contributed by atoms with Crippen LogP contribution >= 0.6 is 0 Å². The van der Waals surface area contributed by atoms with Crippen LogP contribution in [0.1, 0.15) is 119 Å². The average Bonchev–Trinajstić information content (AvgIpc) is 2.66. The molecule has 0 saturated carbocycles. The van der Waals surface area contributed by atoms with Crippen LogP contribution in [0.2, 0.25) is 0 Å². The largest absolute Gasteiger partial charge is 0.379 e. The SMILES string of the molecule is CCCCCCCCCCCCC(/N=C(\C)COC(C)(C)CCOC(C)C)OC. The van der Waals surface area contributed by atoms with Crippen molar-refractivity contribution in [1.82, 2.24) is 0 Å². The van der Waals surface area contributed by atoms with Gasteiger partial charge in [-0.2, -0.15) is 0 Å². The molecule has 4 nitrogen and oxygen atoms in total. The number of hydrogen-bond acceptors (Lipinski definition) is 4. The molecule has 0 saturated heterocycles. The first-order valence-corrected chi connectivity index (χ1v) is 12.1. The number of methoxy groups -OCH3 is 1. The van der Waals surface area contributed by atoms with Gasteiger partial charge in [-0.25, -0.2) is 0 Å². The van der Waals surface area contributed by atoms with Gasteiger partial charge in [0.15, 0.2) is 0 Å². The van der Waals surface area contributed by atoms with Gasteiger partial charge >= 0.3 is 0 Å². The highest BCUT2D eigenvalue weighted by Crippen LogP contribution is 2.16. The van der Waals surface area contributed by atoms with Gasteiger partial charge in [0.1, 0.15) is 6.23 Å². The Morgan fingerprint density at radius 3 is 1.97 bits per heavy atom. The molecule has 0 aromatic rings. The molecule has 0 aromatic carbocycles. The minimum absolute atomic E-state index is 0.0416. The second-order valence-electron chi connectivity index (χ2n) is 9.24. The summed E-state index contributed by atoms with van der Waals surface area (Å²) < 4.78 is 17.3. The molecule has 0 rings (SSSR count). The molecule has 29 heavy (non-hydrogen) atoms. The number of unbranched alkanes of at least 4 members (excludes halogenated alkanes) is 9. The van der Waals surface area contributed by atoms with E-state index in [2.05, 4.69) is 34.6 Å². The van der Waals surface area contributed by atoms with Gasteiger partial charge in [0.2, 0.25) is 0 Å². The Hall–Kier alpha value is -0.450. The summed E-state index contributed by atoms with van der Waals surface area (Å²) >= 11 is 0. The maximum Gasteiger partial charge on any atom is 0.147 e. The second-order valence-corrected chi connectivity index (χ2v) is 9.24. The van der Waals surface area contributed by atoms with Gasteiger partial charge in [0.05, 0.1) is 18.3 Å². The van der Waals surface area contributed by atoms with Crippen molar-refractivity contribution in [3.63, 3.8) is 0 Å². The van der Waals surface area contributed by atoms with Crippen LogP contribution in [-0.2, 0) is 14.2 Å². The monoisotopic (exact) mass is 413 g/mol. The lowest BCUT2D eigenvalue weighted by Gasteiger charge is -2.26. The number of hydrogen-bond donors (Lipinski definition) is 0. The molecule has 1 unspecified atom stereocenters. The highest BCUT2D eigenvalue weighted by molar-refractivity contribution is 5.83. The molecule has 0 bridgehead atoms. The van der Waals surface area contributed by atoms with Crippen LogP contribution in [0.3, 0.4) is 0 Å². The number of nitrogens with zero attached hydrogens (tertiary/aromatic N) is 1. The van der Waals surface area contributed by atoms with Gasteiger partial charge in [-0.3, -0.25) is 4.99 Å². The van der Waals surface area contributed by atoms with Crippen LogP contribution in [-0.4, -0.2) is 44.0 Å². The Balaban J connectivity index is 3.91. The Morgan fingerprint density at radius 2 is 1.45 bits per heavy atom. The molecule has 0 aliphatic rings. The molecule has 4 heteroatoms. The summed E-state index contributed by atoms with van der Waals surface area (Å²) in [5.74, 6) is 0. The lowest BCUT2D eigenvalue weighted by Crippen LogP contribution is -2.29. The number of aliphatic imine (C=N–C) groups is 1. The zero-order valence-electron chi connectivity index (χ0n) is 20.7. The molecule has 174 valence electrons. The molecule has 0 aromatic heterocycles. The quantitative estimate of drug-likeness (QED) is 0.155. The van der Waals surface area contributed by atoms with E-state index in [1.54, 1.807) is 7.11 Å². The van der Waals surface area contributed by atoms with Crippen molar-refractivity contribution in [2.75, 3.05) is 20.3 Å². The summed E-state index contributed by atoms with van der Waals surface area (Å²) in [4.78, 5) is 4.72. The van der Waals surface area contributed by atoms with Gasteiger partial charge in [-0.1, -0.05) is 64.7 Å². The third kappa shape index (κ3) is 19.3. The van der Waals surface area contributed by atoms with Crippen molar-refractivity contribution in [3.05, 3.63) is 0 Å². The minimum Gasteiger partial charge on any atom is -0.379 e. The third-order valence-electron chi connectivity index (χ3n) is 5.27. The Labute approximate surface area is 182 Å². The van der Waals surface area contributed by atoms with Crippen LogP contribution in [0.15, 0.2) is 4.99 Å². The first-order chi connectivity index (χ1) is 13.8. The normalized spacial score (nSPS) is 14.0. The van der Waals surface area contributed by atoms with Crippen molar-refractivity contribution in [3.8, 4) is 0 Å². The topological polar surface area (TPSA) is 40.0 Å². The molecular weight excluding hydrogens is 362 g/mol. The van der Waals surface area contributed by atoms with Crippen LogP contribution in [0.5, 0.6) is 0 Å². The van der Waals surface area contributed by atoms with Crippen LogP contribution in [0, 0.1) is 0 Å².